The SMILES string of the molecule is Cc1nc(CSCCC(=O)N[C@@H](C)CC[C@H]2CCCO2)cs1. The van der Waals surface area contributed by atoms with Crippen molar-refractivity contribution in [2.45, 2.75) is 63.9 Å². The van der Waals surface area contributed by atoms with Gasteiger partial charge in [-0.25, -0.2) is 4.98 Å². The lowest BCUT2D eigenvalue weighted by molar-refractivity contribution is -0.121. The van der Waals surface area contributed by atoms with Crippen LogP contribution in [0.4, 0.5) is 0 Å². The second-order valence-electron chi connectivity index (χ2n) is 5.84. The number of carbonyl (C=O) groups excluding carboxylic acids is 1. The van der Waals surface area contributed by atoms with Crippen LogP contribution in [0.15, 0.2) is 5.38 Å². The van der Waals surface area contributed by atoms with E-state index in [9.17, 15) is 4.79 Å². The number of hydrogen-bond donors (Lipinski definition) is 1. The lowest BCUT2D eigenvalue weighted by Gasteiger charge is -2.16. The predicted octanol–water partition coefficient (Wildman–Crippen LogP) is 3.54. The minimum Gasteiger partial charge on any atom is -0.378 e. The lowest BCUT2D eigenvalue weighted by Crippen LogP contribution is -2.33. The fraction of sp³-hybridized carbons (Fsp3) is 0.750. The largest absolute Gasteiger partial charge is 0.378 e. The molecule has 1 saturated heterocycles. The summed E-state index contributed by atoms with van der Waals surface area (Å²) in [7, 11) is 0. The fourth-order valence-corrected chi connectivity index (χ4v) is 4.09. The first-order valence-electron chi connectivity index (χ1n) is 8.03. The maximum atomic E-state index is 11.9. The summed E-state index contributed by atoms with van der Waals surface area (Å²) in [5.74, 6) is 1.90. The molecule has 0 unspecified atom stereocenters. The van der Waals surface area contributed by atoms with E-state index in [1.165, 1.54) is 12.8 Å². The zero-order valence-corrected chi connectivity index (χ0v) is 15.1. The Balaban J connectivity index is 1.51. The number of carbonyl (C=O) groups is 1. The quantitative estimate of drug-likeness (QED) is 0.698. The molecule has 0 radical (unpaired) electrons. The number of nitrogens with zero attached hydrogens (tertiary/aromatic N) is 1. The van der Waals surface area contributed by atoms with Gasteiger partial charge < -0.3 is 10.1 Å². The van der Waals surface area contributed by atoms with Gasteiger partial charge in [-0.1, -0.05) is 0 Å². The van der Waals surface area contributed by atoms with Crippen LogP contribution in [-0.2, 0) is 15.3 Å². The lowest BCUT2D eigenvalue weighted by atomic mass is 10.1. The van der Waals surface area contributed by atoms with Gasteiger partial charge in [-0.2, -0.15) is 11.8 Å². The van der Waals surface area contributed by atoms with Crippen molar-refractivity contribution < 1.29 is 9.53 Å². The van der Waals surface area contributed by atoms with Crippen molar-refractivity contribution in [2.24, 2.45) is 0 Å². The van der Waals surface area contributed by atoms with Gasteiger partial charge in [0, 0.05) is 36.0 Å². The molecule has 0 saturated carbocycles. The van der Waals surface area contributed by atoms with Crippen LogP contribution in [0.3, 0.4) is 0 Å². The summed E-state index contributed by atoms with van der Waals surface area (Å²) < 4.78 is 5.61. The van der Waals surface area contributed by atoms with E-state index in [0.29, 0.717) is 12.5 Å². The molecule has 1 aliphatic heterocycles. The minimum absolute atomic E-state index is 0.154. The van der Waals surface area contributed by atoms with E-state index in [1.807, 2.05) is 6.92 Å². The number of thioether (sulfide) groups is 1. The molecule has 124 valence electrons. The van der Waals surface area contributed by atoms with E-state index in [2.05, 4.69) is 22.6 Å². The summed E-state index contributed by atoms with van der Waals surface area (Å²) in [5.41, 5.74) is 1.12. The maximum absolute atomic E-state index is 11.9. The number of amides is 1. The molecule has 6 heteroatoms. The summed E-state index contributed by atoms with van der Waals surface area (Å²) in [4.78, 5) is 16.3. The third kappa shape index (κ3) is 6.67. The highest BCUT2D eigenvalue weighted by molar-refractivity contribution is 7.98. The van der Waals surface area contributed by atoms with Crippen molar-refractivity contribution in [2.75, 3.05) is 12.4 Å². The molecule has 1 aromatic rings. The molecule has 0 aromatic carbocycles. The molecule has 1 N–H and O–H groups in total. The molecule has 1 aliphatic rings. The van der Waals surface area contributed by atoms with Gasteiger partial charge in [0.05, 0.1) is 16.8 Å². The zero-order chi connectivity index (χ0) is 15.8. The number of aromatic nitrogens is 1. The normalized spacial score (nSPS) is 19.3. The van der Waals surface area contributed by atoms with Crippen molar-refractivity contribution >= 4 is 29.0 Å². The predicted molar refractivity (Wildman–Crippen MR) is 93.4 cm³/mol. The second kappa shape index (κ2) is 9.53. The Hall–Kier alpha value is -0.590. The van der Waals surface area contributed by atoms with E-state index in [4.69, 9.17) is 4.74 Å². The summed E-state index contributed by atoms with van der Waals surface area (Å²) in [5, 5.41) is 6.28. The van der Waals surface area contributed by atoms with Crippen LogP contribution in [0.25, 0.3) is 0 Å². The summed E-state index contributed by atoms with van der Waals surface area (Å²) in [6.07, 6.45) is 5.41. The number of hydrogen-bond acceptors (Lipinski definition) is 5. The van der Waals surface area contributed by atoms with Crippen LogP contribution in [0.1, 0.15) is 49.7 Å². The van der Waals surface area contributed by atoms with Gasteiger partial charge in [-0.15, -0.1) is 11.3 Å². The topological polar surface area (TPSA) is 51.2 Å². The Morgan fingerprint density at radius 1 is 1.64 bits per heavy atom. The van der Waals surface area contributed by atoms with Crippen molar-refractivity contribution in [1.82, 2.24) is 10.3 Å². The first-order valence-corrected chi connectivity index (χ1v) is 10.1. The van der Waals surface area contributed by atoms with Crippen molar-refractivity contribution in [3.63, 3.8) is 0 Å². The van der Waals surface area contributed by atoms with Crippen LogP contribution in [-0.4, -0.2) is 35.4 Å². The highest BCUT2D eigenvalue weighted by atomic mass is 32.2. The Morgan fingerprint density at radius 2 is 2.50 bits per heavy atom. The number of nitrogens with one attached hydrogen (secondary N) is 1. The molecule has 2 heterocycles. The standard InChI is InChI=1S/C16H26N2O2S2/c1-12(5-6-15-4-3-8-20-15)17-16(19)7-9-21-10-14-11-22-13(2)18-14/h11-12,15H,3-10H2,1-2H3,(H,17,19)/t12-,15+/m0/s1. The molecular formula is C16H26N2O2S2. The highest BCUT2D eigenvalue weighted by Crippen LogP contribution is 2.18. The molecule has 0 aliphatic carbocycles. The third-order valence-corrected chi connectivity index (χ3v) is 5.56. The molecular weight excluding hydrogens is 316 g/mol. The van der Waals surface area contributed by atoms with Gasteiger partial charge in [-0.05, 0) is 39.5 Å². The smallest absolute Gasteiger partial charge is 0.221 e. The molecule has 0 spiro atoms. The average molecular weight is 343 g/mol. The molecule has 2 rings (SSSR count). The maximum Gasteiger partial charge on any atom is 0.221 e. The Bertz CT molecular complexity index is 459. The summed E-state index contributed by atoms with van der Waals surface area (Å²) in [6, 6.07) is 0.239. The van der Waals surface area contributed by atoms with Crippen LogP contribution in [0, 0.1) is 6.92 Å². The molecule has 1 fully saturated rings. The Kier molecular flexibility index (Phi) is 7.69. The van der Waals surface area contributed by atoms with Crippen LogP contribution in [0.5, 0.6) is 0 Å². The fourth-order valence-electron chi connectivity index (χ4n) is 2.54. The van der Waals surface area contributed by atoms with E-state index in [1.54, 1.807) is 23.1 Å². The van der Waals surface area contributed by atoms with Crippen molar-refractivity contribution in [1.29, 1.82) is 0 Å². The average Bonchev–Trinajstić information content (AvgIpc) is 3.13. The van der Waals surface area contributed by atoms with Crippen LogP contribution >= 0.6 is 23.1 Å². The number of rotatable bonds is 9. The van der Waals surface area contributed by atoms with Gasteiger partial charge in [0.1, 0.15) is 0 Å². The molecule has 22 heavy (non-hydrogen) atoms. The Labute approximate surface area is 141 Å². The number of thiazole rings is 1. The first-order chi connectivity index (χ1) is 10.6. The molecule has 0 bridgehead atoms. The first kappa shape index (κ1) is 17.8. The third-order valence-electron chi connectivity index (χ3n) is 3.74. The molecule has 2 atom stereocenters. The van der Waals surface area contributed by atoms with E-state index in [-0.39, 0.29) is 11.9 Å². The van der Waals surface area contributed by atoms with E-state index < -0.39 is 0 Å². The summed E-state index contributed by atoms with van der Waals surface area (Å²) in [6.45, 7) is 5.00. The van der Waals surface area contributed by atoms with E-state index >= 15 is 0 Å². The van der Waals surface area contributed by atoms with Gasteiger partial charge in [0.2, 0.25) is 5.91 Å². The van der Waals surface area contributed by atoms with Crippen molar-refractivity contribution in [3.05, 3.63) is 16.1 Å². The van der Waals surface area contributed by atoms with Gasteiger partial charge in [-0.3, -0.25) is 4.79 Å². The van der Waals surface area contributed by atoms with Crippen molar-refractivity contribution in [3.8, 4) is 0 Å². The van der Waals surface area contributed by atoms with Crippen LogP contribution < -0.4 is 5.32 Å². The minimum atomic E-state index is 0.154. The Morgan fingerprint density at radius 3 is 3.18 bits per heavy atom. The number of ether oxygens (including phenoxy) is 1. The number of aryl methyl sites for hydroxylation is 1. The van der Waals surface area contributed by atoms with Gasteiger partial charge >= 0.3 is 0 Å². The summed E-state index contributed by atoms with van der Waals surface area (Å²) >= 11 is 3.45. The second-order valence-corrected chi connectivity index (χ2v) is 8.01. The van der Waals surface area contributed by atoms with Gasteiger partial charge in [0.25, 0.3) is 0 Å². The van der Waals surface area contributed by atoms with Gasteiger partial charge in [0.15, 0.2) is 0 Å². The molecule has 4 nitrogen and oxygen atoms in total. The molecule has 1 amide bonds. The van der Waals surface area contributed by atoms with Crippen LogP contribution in [0.2, 0.25) is 0 Å². The highest BCUT2D eigenvalue weighted by Gasteiger charge is 2.17. The van der Waals surface area contributed by atoms with E-state index in [0.717, 1.165) is 41.7 Å². The monoisotopic (exact) mass is 342 g/mol. The molecule has 1 aromatic heterocycles. The zero-order valence-electron chi connectivity index (χ0n) is 13.5.